The van der Waals surface area contributed by atoms with Crippen molar-refractivity contribution in [1.29, 1.82) is 0 Å². The molecule has 2 N–H and O–H groups in total. The Morgan fingerprint density at radius 2 is 1.76 bits per heavy atom. The molecule has 6 aliphatic rings. The minimum atomic E-state index is -0.0499. The van der Waals surface area contributed by atoms with Gasteiger partial charge in [0.25, 0.3) is 0 Å². The molecule has 5 heteroatoms. The van der Waals surface area contributed by atoms with Gasteiger partial charge >= 0.3 is 0 Å². The van der Waals surface area contributed by atoms with Crippen molar-refractivity contribution in [3.63, 3.8) is 0 Å². The smallest absolute Gasteiger partial charge is 0.221 e. The van der Waals surface area contributed by atoms with Gasteiger partial charge in [-0.3, -0.25) is 10.1 Å². The summed E-state index contributed by atoms with van der Waals surface area (Å²) in [6, 6.07) is 0.389. The van der Waals surface area contributed by atoms with Crippen molar-refractivity contribution in [3.05, 3.63) is 0 Å². The number of amides is 1. The Morgan fingerprint density at radius 3 is 2.49 bits per heavy atom. The molecule has 6 rings (SSSR count). The fourth-order valence-electron chi connectivity index (χ4n) is 11.2. The summed E-state index contributed by atoms with van der Waals surface area (Å²) < 4.78 is 7.07. The first-order valence-corrected chi connectivity index (χ1v) is 15.9. The van der Waals surface area contributed by atoms with Crippen LogP contribution >= 0.6 is 0 Å². The van der Waals surface area contributed by atoms with Crippen molar-refractivity contribution in [2.45, 2.75) is 116 Å². The van der Waals surface area contributed by atoms with E-state index in [4.69, 9.17) is 4.74 Å². The zero-order chi connectivity index (χ0) is 26.2. The summed E-state index contributed by atoms with van der Waals surface area (Å²) in [6.45, 7) is 12.2. The van der Waals surface area contributed by atoms with E-state index in [0.29, 0.717) is 35.3 Å². The molecule has 210 valence electrons. The van der Waals surface area contributed by atoms with Crippen molar-refractivity contribution >= 4 is 5.91 Å². The second-order valence-electron chi connectivity index (χ2n) is 15.4. The van der Waals surface area contributed by atoms with Crippen LogP contribution in [0.5, 0.6) is 0 Å². The molecule has 0 radical (unpaired) electrons. The highest BCUT2D eigenvalue weighted by molar-refractivity contribution is 5.76. The van der Waals surface area contributed by atoms with Crippen LogP contribution in [0.3, 0.4) is 0 Å². The molecule has 6 fully saturated rings. The lowest BCUT2D eigenvalue weighted by Crippen LogP contribution is -2.58. The van der Waals surface area contributed by atoms with E-state index in [1.807, 2.05) is 14.1 Å². The van der Waals surface area contributed by atoms with Crippen LogP contribution < -0.4 is 10.6 Å². The molecule has 1 amide bonds. The number of ether oxygens (including phenoxy) is 1. The van der Waals surface area contributed by atoms with Gasteiger partial charge in [-0.2, -0.15) is 0 Å². The maximum Gasteiger partial charge on any atom is 0.221 e. The van der Waals surface area contributed by atoms with E-state index in [1.54, 1.807) is 0 Å². The van der Waals surface area contributed by atoms with Crippen LogP contribution in [-0.4, -0.2) is 55.9 Å². The highest BCUT2D eigenvalue weighted by Gasteiger charge is 2.68. The first kappa shape index (κ1) is 26.6. The second-order valence-corrected chi connectivity index (χ2v) is 15.4. The van der Waals surface area contributed by atoms with Crippen molar-refractivity contribution < 1.29 is 9.53 Å². The molecule has 0 unspecified atom stereocenters. The maximum atomic E-state index is 12.5. The Labute approximate surface area is 226 Å². The average Bonchev–Trinajstić information content (AvgIpc) is 3.30. The molecule has 0 aromatic carbocycles. The third-order valence-corrected chi connectivity index (χ3v) is 13.3. The number of carbonyl (C=O) groups excluding carboxylic acids is 1. The van der Waals surface area contributed by atoms with Crippen LogP contribution in [0.15, 0.2) is 0 Å². The van der Waals surface area contributed by atoms with Gasteiger partial charge in [0.1, 0.15) is 5.72 Å². The van der Waals surface area contributed by atoms with Crippen molar-refractivity contribution in [2.75, 3.05) is 27.2 Å². The second kappa shape index (κ2) is 9.47. The molecule has 37 heavy (non-hydrogen) atoms. The summed E-state index contributed by atoms with van der Waals surface area (Å²) in [4.78, 5) is 14.6. The third kappa shape index (κ3) is 4.24. The van der Waals surface area contributed by atoms with Gasteiger partial charge in [0.05, 0.1) is 6.10 Å². The zero-order valence-electron chi connectivity index (χ0n) is 24.7. The third-order valence-electron chi connectivity index (χ3n) is 13.3. The molecule has 4 aliphatic carbocycles. The molecule has 5 nitrogen and oxygen atoms in total. The van der Waals surface area contributed by atoms with E-state index in [0.717, 1.165) is 48.6 Å². The molecule has 2 saturated heterocycles. The number of hydrogen-bond donors (Lipinski definition) is 2. The number of piperidine rings is 1. The minimum Gasteiger partial charge on any atom is -0.357 e. The summed E-state index contributed by atoms with van der Waals surface area (Å²) in [5, 5.41) is 7.33. The Hall–Kier alpha value is -0.650. The maximum absolute atomic E-state index is 12.5. The number of carbonyl (C=O) groups is 1. The molecular weight excluding hydrogens is 458 g/mol. The number of rotatable bonds is 4. The normalized spacial score (nSPS) is 52.9. The molecule has 4 saturated carbocycles. The van der Waals surface area contributed by atoms with E-state index in [2.05, 4.69) is 43.2 Å². The van der Waals surface area contributed by atoms with Crippen molar-refractivity contribution in [2.24, 2.45) is 52.3 Å². The predicted molar refractivity (Wildman–Crippen MR) is 149 cm³/mol. The SMILES string of the molecule is C[C@@H]1CC[C@@]2(NC1)O[C@H]1C[C@H]3[C@@H]4CC[C@@H]5C[C@@H](NC(=O)CCN(C)C)CC[C@]5(C)[C@H]4CC[C@]3(C)[C@H]1[C@@H]2C. The number of nitrogens with zero attached hydrogens (tertiary/aromatic N) is 1. The fraction of sp³-hybridized carbons (Fsp3) is 0.969. The van der Waals surface area contributed by atoms with Gasteiger partial charge in [-0.15, -0.1) is 0 Å². The minimum absolute atomic E-state index is 0.0499. The Bertz CT molecular complexity index is 868. The van der Waals surface area contributed by atoms with Gasteiger partial charge in [-0.25, -0.2) is 0 Å². The summed E-state index contributed by atoms with van der Waals surface area (Å²) in [6.07, 6.45) is 14.1. The average molecular weight is 514 g/mol. The molecular formula is C32H55N3O2. The van der Waals surface area contributed by atoms with E-state index in [-0.39, 0.29) is 11.6 Å². The van der Waals surface area contributed by atoms with Gasteiger partial charge in [-0.1, -0.05) is 27.7 Å². The Kier molecular flexibility index (Phi) is 6.80. The lowest BCUT2D eigenvalue weighted by molar-refractivity contribution is -0.136. The van der Waals surface area contributed by atoms with Crippen molar-refractivity contribution in [1.82, 2.24) is 15.5 Å². The summed E-state index contributed by atoms with van der Waals surface area (Å²) in [5.74, 6) is 5.72. The van der Waals surface area contributed by atoms with E-state index >= 15 is 0 Å². The summed E-state index contributed by atoms with van der Waals surface area (Å²) >= 11 is 0. The highest BCUT2D eigenvalue weighted by Crippen LogP contribution is 2.71. The van der Waals surface area contributed by atoms with Gasteiger partial charge in [0, 0.05) is 31.5 Å². The molecule has 1 spiro atoms. The van der Waals surface area contributed by atoms with Crippen molar-refractivity contribution in [3.8, 4) is 0 Å². The zero-order valence-corrected chi connectivity index (χ0v) is 24.7. The Balaban J connectivity index is 1.13. The summed E-state index contributed by atoms with van der Waals surface area (Å²) in [7, 11) is 4.09. The lowest BCUT2D eigenvalue weighted by atomic mass is 9.44. The standard InChI is InChI=1S/C32H55N3O2/c1-20-9-15-32(33-19-20)21(2)29-27(37-32)18-26-24-8-7-22-17-23(34-28(36)12-16-35(5)6)10-13-30(22,3)25(24)11-14-31(26,29)4/h20-27,29,33H,7-19H2,1-6H3,(H,34,36)/t20-,21+,22-,23+,24-,25+,26+,27+,29+,30+,31+,32-/m1/s1. The van der Waals surface area contributed by atoms with Gasteiger partial charge in [0.2, 0.25) is 5.91 Å². The fourth-order valence-corrected chi connectivity index (χ4v) is 11.2. The number of fused-ring (bicyclic) bond motifs is 7. The highest BCUT2D eigenvalue weighted by atomic mass is 16.5. The summed E-state index contributed by atoms with van der Waals surface area (Å²) in [5.41, 5.74) is 0.855. The largest absolute Gasteiger partial charge is 0.357 e. The lowest BCUT2D eigenvalue weighted by Gasteiger charge is -2.61. The first-order chi connectivity index (χ1) is 17.6. The van der Waals surface area contributed by atoms with Crippen LogP contribution in [0, 0.1) is 52.3 Å². The van der Waals surface area contributed by atoms with Crippen LogP contribution in [-0.2, 0) is 9.53 Å². The quantitative estimate of drug-likeness (QED) is 0.525. The predicted octanol–water partition coefficient (Wildman–Crippen LogP) is 5.44. The van der Waals surface area contributed by atoms with E-state index < -0.39 is 0 Å². The van der Waals surface area contributed by atoms with Crippen LogP contribution in [0.1, 0.15) is 98.3 Å². The topological polar surface area (TPSA) is 53.6 Å². The first-order valence-electron chi connectivity index (χ1n) is 15.9. The van der Waals surface area contributed by atoms with Gasteiger partial charge in [0.15, 0.2) is 0 Å². The van der Waals surface area contributed by atoms with Crippen LogP contribution in [0.4, 0.5) is 0 Å². The molecule has 0 aromatic rings. The number of hydrogen-bond acceptors (Lipinski definition) is 4. The van der Waals surface area contributed by atoms with Gasteiger partial charge < -0.3 is 15.0 Å². The van der Waals surface area contributed by atoms with E-state index in [1.165, 1.54) is 64.2 Å². The molecule has 0 aromatic heterocycles. The van der Waals surface area contributed by atoms with Crippen LogP contribution in [0.25, 0.3) is 0 Å². The van der Waals surface area contributed by atoms with Crippen LogP contribution in [0.2, 0.25) is 0 Å². The molecule has 2 heterocycles. The monoisotopic (exact) mass is 513 g/mol. The van der Waals surface area contributed by atoms with Gasteiger partial charge in [-0.05, 0) is 125 Å². The Morgan fingerprint density at radius 1 is 0.973 bits per heavy atom. The molecule has 0 bridgehead atoms. The van der Waals surface area contributed by atoms with E-state index in [9.17, 15) is 4.79 Å². The molecule has 2 aliphatic heterocycles. The number of nitrogens with one attached hydrogen (secondary N) is 2. The molecule has 12 atom stereocenters.